The number of nitrogens with zero attached hydrogens (tertiary/aromatic N) is 2. The molecule has 0 aromatic heterocycles. The van der Waals surface area contributed by atoms with Crippen molar-refractivity contribution < 1.29 is 0 Å². The zero-order valence-corrected chi connectivity index (χ0v) is 17.6. The number of rotatable bonds is 9. The molecular weight excluding hydrogens is 340 g/mol. The quantitative estimate of drug-likeness (QED) is 0.391. The third kappa shape index (κ3) is 8.00. The van der Waals surface area contributed by atoms with E-state index in [1.807, 2.05) is 18.8 Å². The first kappa shape index (κ1) is 21.1. The Kier molecular flexibility index (Phi) is 9.93. The van der Waals surface area contributed by atoms with Crippen molar-refractivity contribution in [2.75, 3.05) is 38.7 Å². The van der Waals surface area contributed by atoms with Crippen molar-refractivity contribution in [2.24, 2.45) is 10.9 Å². The van der Waals surface area contributed by atoms with E-state index in [2.05, 4.69) is 58.0 Å². The molecule has 1 saturated heterocycles. The lowest BCUT2D eigenvalue weighted by Gasteiger charge is -2.30. The van der Waals surface area contributed by atoms with Crippen molar-refractivity contribution in [3.63, 3.8) is 0 Å². The molecule has 1 heterocycles. The molecule has 0 amide bonds. The molecule has 2 N–H and O–H groups in total. The summed E-state index contributed by atoms with van der Waals surface area (Å²) in [6.07, 6.45) is 7.32. The molecule has 0 bridgehead atoms. The number of piperidine rings is 1. The number of benzene rings is 1. The average Bonchev–Trinajstić information content (AvgIpc) is 2.65. The van der Waals surface area contributed by atoms with Crippen molar-refractivity contribution in [2.45, 2.75) is 45.7 Å². The van der Waals surface area contributed by atoms with Gasteiger partial charge in [0, 0.05) is 33.2 Å². The molecule has 0 aliphatic carbocycles. The first-order valence-electron chi connectivity index (χ1n) is 9.95. The van der Waals surface area contributed by atoms with Gasteiger partial charge in [0.1, 0.15) is 0 Å². The Balaban J connectivity index is 1.70. The Bertz CT molecular complexity index is 529. The molecule has 1 fully saturated rings. The molecule has 1 aromatic carbocycles. The number of thioether (sulfide) groups is 1. The summed E-state index contributed by atoms with van der Waals surface area (Å²) in [5, 5.41) is 6.80. The number of nitrogens with one attached hydrogen (secondary N) is 2. The van der Waals surface area contributed by atoms with Crippen LogP contribution in [0, 0.1) is 5.92 Å². The van der Waals surface area contributed by atoms with Crippen LogP contribution in [0.5, 0.6) is 0 Å². The van der Waals surface area contributed by atoms with E-state index in [9.17, 15) is 0 Å². The summed E-state index contributed by atoms with van der Waals surface area (Å²) in [6, 6.07) is 9.02. The Hall–Kier alpha value is -1.20. The smallest absolute Gasteiger partial charge is 0.191 e. The normalized spacial score (nSPS) is 18.7. The Morgan fingerprint density at radius 2 is 1.96 bits per heavy atom. The lowest BCUT2D eigenvalue weighted by Crippen LogP contribution is -2.37. The number of hydrogen-bond acceptors (Lipinski definition) is 3. The van der Waals surface area contributed by atoms with Crippen LogP contribution in [0.1, 0.15) is 43.7 Å². The molecule has 5 heteroatoms. The summed E-state index contributed by atoms with van der Waals surface area (Å²) < 4.78 is 0. The van der Waals surface area contributed by atoms with Crippen LogP contribution >= 0.6 is 11.8 Å². The number of likely N-dealkylation sites (tertiary alicyclic amines) is 1. The highest BCUT2D eigenvalue weighted by Gasteiger charge is 2.16. The van der Waals surface area contributed by atoms with Crippen LogP contribution in [0.25, 0.3) is 0 Å². The van der Waals surface area contributed by atoms with Crippen LogP contribution < -0.4 is 10.6 Å². The second kappa shape index (κ2) is 12.2. The van der Waals surface area contributed by atoms with E-state index in [0.717, 1.165) is 31.5 Å². The van der Waals surface area contributed by atoms with Crippen molar-refractivity contribution >= 4 is 17.7 Å². The van der Waals surface area contributed by atoms with E-state index in [4.69, 9.17) is 0 Å². The second-order valence-electron chi connectivity index (χ2n) is 7.35. The molecule has 0 radical (unpaired) electrons. The van der Waals surface area contributed by atoms with E-state index >= 15 is 0 Å². The highest BCUT2D eigenvalue weighted by molar-refractivity contribution is 7.98. The van der Waals surface area contributed by atoms with E-state index < -0.39 is 0 Å². The molecule has 26 heavy (non-hydrogen) atoms. The van der Waals surface area contributed by atoms with Gasteiger partial charge in [-0.05, 0) is 61.3 Å². The summed E-state index contributed by atoms with van der Waals surface area (Å²) in [5.74, 6) is 2.96. The van der Waals surface area contributed by atoms with Gasteiger partial charge in [-0.1, -0.05) is 31.2 Å². The highest BCUT2D eigenvalue weighted by atomic mass is 32.2. The van der Waals surface area contributed by atoms with Gasteiger partial charge in [-0.15, -0.1) is 0 Å². The molecule has 4 nitrogen and oxygen atoms in total. The fraction of sp³-hybridized carbons (Fsp3) is 0.667. The zero-order valence-electron chi connectivity index (χ0n) is 16.8. The maximum atomic E-state index is 4.31. The van der Waals surface area contributed by atoms with Crippen molar-refractivity contribution in [3.8, 4) is 0 Å². The first-order chi connectivity index (χ1) is 12.7. The van der Waals surface area contributed by atoms with Gasteiger partial charge < -0.3 is 10.6 Å². The van der Waals surface area contributed by atoms with E-state index in [1.54, 1.807) is 0 Å². The van der Waals surface area contributed by atoms with Gasteiger partial charge in [0.2, 0.25) is 0 Å². The fourth-order valence-corrected chi connectivity index (χ4v) is 3.93. The van der Waals surface area contributed by atoms with E-state index in [-0.39, 0.29) is 0 Å². The van der Waals surface area contributed by atoms with Crippen LogP contribution in [0.4, 0.5) is 0 Å². The monoisotopic (exact) mass is 376 g/mol. The molecule has 0 saturated carbocycles. The number of guanidine groups is 1. The highest BCUT2D eigenvalue weighted by Crippen LogP contribution is 2.18. The molecule has 1 aromatic rings. The van der Waals surface area contributed by atoms with Crippen molar-refractivity contribution in [3.05, 3.63) is 35.4 Å². The van der Waals surface area contributed by atoms with Gasteiger partial charge in [0.05, 0.1) is 0 Å². The molecule has 146 valence electrons. The van der Waals surface area contributed by atoms with Crippen LogP contribution in [0.3, 0.4) is 0 Å². The number of hydrogen-bond donors (Lipinski definition) is 2. The van der Waals surface area contributed by atoms with E-state index in [0.29, 0.717) is 0 Å². The third-order valence-corrected chi connectivity index (χ3v) is 5.62. The molecular formula is C21H36N4S. The van der Waals surface area contributed by atoms with Crippen molar-refractivity contribution in [1.82, 2.24) is 15.5 Å². The molecule has 1 aliphatic heterocycles. The topological polar surface area (TPSA) is 39.7 Å². The third-order valence-electron chi connectivity index (χ3n) is 4.92. The van der Waals surface area contributed by atoms with Crippen LogP contribution in [0.15, 0.2) is 29.3 Å². The molecule has 1 unspecified atom stereocenters. The minimum absolute atomic E-state index is 0.811. The summed E-state index contributed by atoms with van der Waals surface area (Å²) in [4.78, 5) is 6.89. The minimum atomic E-state index is 0.811. The predicted octanol–water partition coefficient (Wildman–Crippen LogP) is 3.73. The minimum Gasteiger partial charge on any atom is -0.356 e. The van der Waals surface area contributed by atoms with Crippen LogP contribution in [-0.2, 0) is 13.1 Å². The van der Waals surface area contributed by atoms with Crippen LogP contribution in [0.2, 0.25) is 0 Å². The largest absolute Gasteiger partial charge is 0.356 e. The lowest BCUT2D eigenvalue weighted by atomic mass is 9.99. The standard InChI is InChI=1S/C21H36N4S/c1-18-7-6-13-25(16-18)17-20-10-8-19(9-11-20)15-24-21(22-2)23-12-4-5-14-26-3/h8-11,18H,4-7,12-17H2,1-3H3,(H2,22,23,24). The maximum absolute atomic E-state index is 4.31. The SMILES string of the molecule is CN=C(NCCCCSC)NCc1ccc(CN2CCCC(C)C2)cc1. The van der Waals surface area contributed by atoms with Gasteiger partial charge in [0.25, 0.3) is 0 Å². The van der Waals surface area contributed by atoms with Gasteiger partial charge in [-0.2, -0.15) is 11.8 Å². The first-order valence-corrected chi connectivity index (χ1v) is 11.3. The summed E-state index contributed by atoms with van der Waals surface area (Å²) >= 11 is 1.91. The maximum Gasteiger partial charge on any atom is 0.191 e. The Labute approximate surface area is 164 Å². The van der Waals surface area contributed by atoms with Crippen LogP contribution in [-0.4, -0.2) is 49.6 Å². The van der Waals surface area contributed by atoms with E-state index in [1.165, 1.54) is 55.7 Å². The number of unbranched alkanes of at least 4 members (excludes halogenated alkanes) is 1. The average molecular weight is 377 g/mol. The van der Waals surface area contributed by atoms with Gasteiger partial charge in [-0.25, -0.2) is 0 Å². The molecule has 1 atom stereocenters. The van der Waals surface area contributed by atoms with Gasteiger partial charge in [0.15, 0.2) is 5.96 Å². The second-order valence-corrected chi connectivity index (χ2v) is 8.34. The summed E-state index contributed by atoms with van der Waals surface area (Å²) in [5.41, 5.74) is 2.71. The van der Waals surface area contributed by atoms with Crippen molar-refractivity contribution in [1.29, 1.82) is 0 Å². The van der Waals surface area contributed by atoms with Gasteiger partial charge in [-0.3, -0.25) is 9.89 Å². The summed E-state index contributed by atoms with van der Waals surface area (Å²) in [7, 11) is 1.83. The Morgan fingerprint density at radius 1 is 1.19 bits per heavy atom. The van der Waals surface area contributed by atoms with Gasteiger partial charge >= 0.3 is 0 Å². The zero-order chi connectivity index (χ0) is 18.6. The molecule has 0 spiro atoms. The molecule has 1 aliphatic rings. The Morgan fingerprint density at radius 3 is 2.65 bits per heavy atom. The predicted molar refractivity (Wildman–Crippen MR) is 116 cm³/mol. The molecule has 2 rings (SSSR count). The fourth-order valence-electron chi connectivity index (χ4n) is 3.44. The summed E-state index contributed by atoms with van der Waals surface area (Å²) in [6.45, 7) is 7.72. The lowest BCUT2D eigenvalue weighted by molar-refractivity contribution is 0.176. The number of aliphatic imine (C=N–C) groups is 1.